The third kappa shape index (κ3) is 1.94. The summed E-state index contributed by atoms with van der Waals surface area (Å²) in [6.45, 7) is 2.47. The first-order valence-electron chi connectivity index (χ1n) is 3.99. The minimum atomic E-state index is -0.462. The van der Waals surface area contributed by atoms with Crippen molar-refractivity contribution in [1.29, 1.82) is 0 Å². The molecule has 0 saturated carbocycles. The number of hydrogen-bond donors (Lipinski definition) is 1. The van der Waals surface area contributed by atoms with Crippen LogP contribution in [-0.2, 0) is 9.63 Å². The molecule has 0 radical (unpaired) electrons. The van der Waals surface area contributed by atoms with Crippen molar-refractivity contribution in [1.82, 2.24) is 10.4 Å². The Morgan fingerprint density at radius 2 is 2.33 bits per heavy atom. The van der Waals surface area contributed by atoms with Crippen LogP contribution in [0.4, 0.5) is 4.79 Å². The van der Waals surface area contributed by atoms with Crippen LogP contribution in [0, 0.1) is 0 Å². The zero-order chi connectivity index (χ0) is 8.97. The van der Waals surface area contributed by atoms with E-state index in [4.69, 9.17) is 4.84 Å². The lowest BCUT2D eigenvalue weighted by Crippen LogP contribution is -2.31. The number of urea groups is 1. The van der Waals surface area contributed by atoms with Crippen molar-refractivity contribution < 1.29 is 14.4 Å². The summed E-state index contributed by atoms with van der Waals surface area (Å²) in [4.78, 5) is 26.7. The molecule has 0 atom stereocenters. The molecular formula is C7H12N2O3. The predicted octanol–water partition coefficient (Wildman–Crippen LogP) is 0.270. The third-order valence-corrected chi connectivity index (χ3v) is 1.52. The van der Waals surface area contributed by atoms with E-state index in [1.54, 1.807) is 0 Å². The molecule has 5 heteroatoms. The molecule has 5 nitrogen and oxygen atoms in total. The normalized spacial score (nSPS) is 16.9. The molecule has 1 N–H and O–H groups in total. The van der Waals surface area contributed by atoms with Gasteiger partial charge in [0.1, 0.15) is 6.54 Å². The van der Waals surface area contributed by atoms with Gasteiger partial charge in [-0.05, 0) is 6.42 Å². The van der Waals surface area contributed by atoms with Crippen molar-refractivity contribution in [3.8, 4) is 0 Å². The first kappa shape index (κ1) is 8.99. The summed E-state index contributed by atoms with van der Waals surface area (Å²) in [7, 11) is 0. The highest BCUT2D eigenvalue weighted by atomic mass is 16.7. The van der Waals surface area contributed by atoms with Crippen LogP contribution in [-0.4, -0.2) is 30.2 Å². The molecule has 3 amide bonds. The molecule has 1 aliphatic rings. The van der Waals surface area contributed by atoms with Crippen LogP contribution in [0.15, 0.2) is 0 Å². The van der Waals surface area contributed by atoms with E-state index in [-0.39, 0.29) is 12.5 Å². The zero-order valence-corrected chi connectivity index (χ0v) is 7.00. The molecule has 1 heterocycles. The molecule has 0 spiro atoms. The molecule has 0 bridgehead atoms. The van der Waals surface area contributed by atoms with Gasteiger partial charge in [-0.1, -0.05) is 13.3 Å². The number of rotatable bonds is 4. The molecule has 1 rings (SSSR count). The quantitative estimate of drug-likeness (QED) is 0.489. The molecule has 68 valence electrons. The zero-order valence-electron chi connectivity index (χ0n) is 7.00. The maximum Gasteiger partial charge on any atom is 0.349 e. The van der Waals surface area contributed by atoms with Gasteiger partial charge in [0, 0.05) is 0 Å². The first-order valence-corrected chi connectivity index (χ1v) is 3.99. The Morgan fingerprint density at radius 1 is 1.58 bits per heavy atom. The SMILES string of the molecule is CCCCON1C(=O)CNC1=O. The fraction of sp³-hybridized carbons (Fsp3) is 0.714. The summed E-state index contributed by atoms with van der Waals surface area (Å²) in [5, 5.41) is 3.15. The second kappa shape index (κ2) is 4.06. The molecule has 1 aliphatic heterocycles. The summed E-state index contributed by atoms with van der Waals surface area (Å²) in [5.41, 5.74) is 0. The van der Waals surface area contributed by atoms with Crippen LogP contribution < -0.4 is 5.32 Å². The molecule has 0 aliphatic carbocycles. The second-order valence-electron chi connectivity index (χ2n) is 2.53. The van der Waals surface area contributed by atoms with Gasteiger partial charge in [0.25, 0.3) is 5.91 Å². The average molecular weight is 172 g/mol. The van der Waals surface area contributed by atoms with Gasteiger partial charge in [0.15, 0.2) is 0 Å². The first-order chi connectivity index (χ1) is 5.75. The van der Waals surface area contributed by atoms with Gasteiger partial charge in [-0.15, -0.1) is 5.06 Å². The molecule has 1 fully saturated rings. The molecule has 0 unspecified atom stereocenters. The van der Waals surface area contributed by atoms with E-state index in [0.717, 1.165) is 17.9 Å². The van der Waals surface area contributed by atoms with Crippen molar-refractivity contribution in [2.24, 2.45) is 0 Å². The Balaban J connectivity index is 2.30. The lowest BCUT2D eigenvalue weighted by atomic mass is 10.4. The van der Waals surface area contributed by atoms with Crippen molar-refractivity contribution in [2.45, 2.75) is 19.8 Å². The number of nitrogens with zero attached hydrogens (tertiary/aromatic N) is 1. The van der Waals surface area contributed by atoms with Gasteiger partial charge in [0.05, 0.1) is 6.61 Å². The van der Waals surface area contributed by atoms with E-state index in [0.29, 0.717) is 6.61 Å². The predicted molar refractivity (Wildman–Crippen MR) is 41.1 cm³/mol. The summed E-state index contributed by atoms with van der Waals surface area (Å²) < 4.78 is 0. The number of nitrogens with one attached hydrogen (secondary N) is 1. The van der Waals surface area contributed by atoms with Crippen LogP contribution in [0.3, 0.4) is 0 Å². The molecule has 0 aromatic heterocycles. The van der Waals surface area contributed by atoms with Crippen molar-refractivity contribution in [2.75, 3.05) is 13.2 Å². The van der Waals surface area contributed by atoms with E-state index in [1.165, 1.54) is 0 Å². The monoisotopic (exact) mass is 172 g/mol. The molecule has 0 aromatic carbocycles. The second-order valence-corrected chi connectivity index (χ2v) is 2.53. The summed E-state index contributed by atoms with van der Waals surface area (Å²) >= 11 is 0. The lowest BCUT2D eigenvalue weighted by Gasteiger charge is -2.10. The Labute approximate surface area is 70.6 Å². The van der Waals surface area contributed by atoms with Gasteiger partial charge in [0.2, 0.25) is 0 Å². The Bertz CT molecular complexity index is 177. The maximum atomic E-state index is 10.9. The number of carbonyl (C=O) groups excluding carboxylic acids is 2. The van der Waals surface area contributed by atoms with Gasteiger partial charge in [-0.2, -0.15) is 0 Å². The largest absolute Gasteiger partial charge is 0.349 e. The number of unbranched alkanes of at least 4 members (excludes halogenated alkanes) is 1. The van der Waals surface area contributed by atoms with E-state index in [2.05, 4.69) is 5.32 Å². The highest BCUT2D eigenvalue weighted by molar-refractivity contribution is 6.00. The van der Waals surface area contributed by atoms with Crippen molar-refractivity contribution in [3.05, 3.63) is 0 Å². The Hall–Kier alpha value is -1.10. The van der Waals surface area contributed by atoms with Crippen LogP contribution in [0.5, 0.6) is 0 Å². The molecule has 12 heavy (non-hydrogen) atoms. The van der Waals surface area contributed by atoms with E-state index in [9.17, 15) is 9.59 Å². The minimum Gasteiger partial charge on any atom is -0.327 e. The summed E-state index contributed by atoms with van der Waals surface area (Å²) in [5.74, 6) is -0.323. The topological polar surface area (TPSA) is 58.6 Å². The third-order valence-electron chi connectivity index (χ3n) is 1.52. The van der Waals surface area contributed by atoms with Crippen LogP contribution in [0.2, 0.25) is 0 Å². The lowest BCUT2D eigenvalue weighted by molar-refractivity contribution is -0.161. The van der Waals surface area contributed by atoms with Crippen molar-refractivity contribution in [3.63, 3.8) is 0 Å². The number of carbonyl (C=O) groups is 2. The van der Waals surface area contributed by atoms with Crippen LogP contribution in [0.25, 0.3) is 0 Å². The molecule has 1 saturated heterocycles. The minimum absolute atomic E-state index is 0.0466. The smallest absolute Gasteiger partial charge is 0.327 e. The summed E-state index contributed by atoms with van der Waals surface area (Å²) in [6.07, 6.45) is 1.82. The maximum absolute atomic E-state index is 10.9. The number of hydrogen-bond acceptors (Lipinski definition) is 3. The van der Waals surface area contributed by atoms with E-state index < -0.39 is 6.03 Å². The van der Waals surface area contributed by atoms with E-state index >= 15 is 0 Å². The van der Waals surface area contributed by atoms with Gasteiger partial charge < -0.3 is 5.32 Å². The van der Waals surface area contributed by atoms with Crippen LogP contribution in [0.1, 0.15) is 19.8 Å². The molecular weight excluding hydrogens is 160 g/mol. The van der Waals surface area contributed by atoms with Gasteiger partial charge >= 0.3 is 6.03 Å². The average Bonchev–Trinajstić information content (AvgIpc) is 2.35. The van der Waals surface area contributed by atoms with E-state index in [1.807, 2.05) is 6.92 Å². The highest BCUT2D eigenvalue weighted by Gasteiger charge is 2.29. The number of imide groups is 1. The van der Waals surface area contributed by atoms with Crippen LogP contribution >= 0.6 is 0 Å². The number of amides is 3. The number of hydroxylamine groups is 2. The fourth-order valence-corrected chi connectivity index (χ4v) is 0.839. The highest BCUT2D eigenvalue weighted by Crippen LogP contribution is 2.00. The Kier molecular flexibility index (Phi) is 3.04. The molecule has 0 aromatic rings. The fourth-order valence-electron chi connectivity index (χ4n) is 0.839. The Morgan fingerprint density at radius 3 is 2.83 bits per heavy atom. The summed E-state index contributed by atoms with van der Waals surface area (Å²) in [6, 6.07) is -0.462. The standard InChI is InChI=1S/C7H12N2O3/c1-2-3-4-12-9-6(10)5-8-7(9)11/h2-5H2,1H3,(H,8,11). The van der Waals surface area contributed by atoms with Gasteiger partial charge in [-0.3, -0.25) is 9.63 Å². The van der Waals surface area contributed by atoms with Crippen molar-refractivity contribution >= 4 is 11.9 Å². The van der Waals surface area contributed by atoms with Gasteiger partial charge in [-0.25, -0.2) is 4.79 Å².